The Kier molecular flexibility index (Phi) is 4.06. The van der Waals surface area contributed by atoms with Gasteiger partial charge in [0.1, 0.15) is 5.75 Å². The Bertz CT molecular complexity index is 730. The fourth-order valence-electron chi connectivity index (χ4n) is 2.87. The zero-order chi connectivity index (χ0) is 16.4. The number of esters is 1. The predicted molar refractivity (Wildman–Crippen MR) is 82.4 cm³/mol. The Labute approximate surface area is 134 Å². The van der Waals surface area contributed by atoms with Gasteiger partial charge in [0.2, 0.25) is 5.75 Å². The van der Waals surface area contributed by atoms with E-state index in [1.807, 2.05) is 12.1 Å². The highest BCUT2D eigenvalue weighted by Crippen LogP contribution is 2.52. The number of nitrogens with zero attached hydrogens (tertiary/aromatic N) is 1. The first-order valence-electron chi connectivity index (χ1n) is 7.13. The second-order valence-corrected chi connectivity index (χ2v) is 5.07. The molecule has 0 saturated carbocycles. The van der Waals surface area contributed by atoms with Crippen molar-refractivity contribution in [1.29, 1.82) is 0 Å². The number of methoxy groups -OCH3 is 3. The van der Waals surface area contributed by atoms with Gasteiger partial charge >= 0.3 is 5.97 Å². The number of hydrogen-bond donors (Lipinski definition) is 0. The molecule has 2 aromatic rings. The van der Waals surface area contributed by atoms with Crippen LogP contribution in [0.15, 0.2) is 30.6 Å². The largest absolute Gasteiger partial charge is 0.493 e. The predicted octanol–water partition coefficient (Wildman–Crippen LogP) is 2.55. The lowest BCUT2D eigenvalue weighted by Crippen LogP contribution is -2.22. The molecule has 1 aromatic heterocycles. The molecule has 0 fully saturated rings. The molecule has 1 aliphatic heterocycles. The van der Waals surface area contributed by atoms with Crippen LogP contribution < -0.4 is 18.9 Å². The van der Waals surface area contributed by atoms with Crippen molar-refractivity contribution in [2.24, 2.45) is 0 Å². The number of rotatable bonds is 4. The van der Waals surface area contributed by atoms with Crippen LogP contribution in [-0.2, 0) is 4.79 Å². The van der Waals surface area contributed by atoms with Crippen LogP contribution in [0.3, 0.4) is 0 Å². The van der Waals surface area contributed by atoms with Gasteiger partial charge in [-0.1, -0.05) is 6.07 Å². The molecule has 0 saturated heterocycles. The second kappa shape index (κ2) is 6.16. The number of ether oxygens (including phenoxy) is 4. The summed E-state index contributed by atoms with van der Waals surface area (Å²) in [5.74, 6) is 1.33. The molecule has 0 bridgehead atoms. The van der Waals surface area contributed by atoms with E-state index < -0.39 is 0 Å². The summed E-state index contributed by atoms with van der Waals surface area (Å²) in [4.78, 5) is 16.1. The van der Waals surface area contributed by atoms with Crippen LogP contribution in [0.5, 0.6) is 23.0 Å². The number of aromatic nitrogens is 1. The summed E-state index contributed by atoms with van der Waals surface area (Å²) in [5, 5.41) is 0. The molecular formula is C17H17NO5. The van der Waals surface area contributed by atoms with Crippen molar-refractivity contribution in [2.75, 3.05) is 21.3 Å². The van der Waals surface area contributed by atoms with Crippen LogP contribution in [0.1, 0.15) is 23.5 Å². The van der Waals surface area contributed by atoms with Gasteiger partial charge in [0.15, 0.2) is 11.5 Å². The zero-order valence-corrected chi connectivity index (χ0v) is 13.2. The smallest absolute Gasteiger partial charge is 0.312 e. The van der Waals surface area contributed by atoms with Gasteiger partial charge < -0.3 is 18.9 Å². The van der Waals surface area contributed by atoms with E-state index in [9.17, 15) is 4.79 Å². The summed E-state index contributed by atoms with van der Waals surface area (Å²) in [5.41, 5.74) is 1.67. The van der Waals surface area contributed by atoms with Crippen LogP contribution in [0.25, 0.3) is 0 Å². The number of fused-ring (bicyclic) bond motifs is 1. The van der Waals surface area contributed by atoms with E-state index in [1.165, 1.54) is 7.11 Å². The summed E-state index contributed by atoms with van der Waals surface area (Å²) in [7, 11) is 4.61. The van der Waals surface area contributed by atoms with Crippen molar-refractivity contribution < 1.29 is 23.7 Å². The van der Waals surface area contributed by atoms with Gasteiger partial charge in [0.25, 0.3) is 0 Å². The van der Waals surface area contributed by atoms with Crippen LogP contribution >= 0.6 is 0 Å². The summed E-state index contributed by atoms with van der Waals surface area (Å²) in [6.45, 7) is 0. The first-order valence-corrected chi connectivity index (χ1v) is 7.13. The van der Waals surface area contributed by atoms with Gasteiger partial charge in [-0.25, -0.2) is 0 Å². The number of benzene rings is 1. The van der Waals surface area contributed by atoms with E-state index in [0.717, 1.165) is 11.1 Å². The minimum atomic E-state index is -0.305. The quantitative estimate of drug-likeness (QED) is 0.638. The van der Waals surface area contributed by atoms with E-state index in [1.54, 1.807) is 32.7 Å². The first-order chi connectivity index (χ1) is 11.2. The van der Waals surface area contributed by atoms with Crippen LogP contribution in [0, 0.1) is 0 Å². The average molecular weight is 315 g/mol. The Morgan fingerprint density at radius 3 is 2.57 bits per heavy atom. The summed E-state index contributed by atoms with van der Waals surface area (Å²) in [6.07, 6.45) is 3.64. The molecule has 0 spiro atoms. The minimum Gasteiger partial charge on any atom is -0.493 e. The van der Waals surface area contributed by atoms with Crippen LogP contribution in [0.2, 0.25) is 0 Å². The van der Waals surface area contributed by atoms with Gasteiger partial charge in [-0.05, 0) is 11.6 Å². The maximum absolute atomic E-state index is 12.0. The topological polar surface area (TPSA) is 66.9 Å². The van der Waals surface area contributed by atoms with E-state index in [2.05, 4.69) is 4.98 Å². The van der Waals surface area contributed by atoms with Crippen molar-refractivity contribution in [2.45, 2.75) is 12.3 Å². The molecule has 0 N–H and O–H groups in total. The molecule has 6 heteroatoms. The van der Waals surface area contributed by atoms with Crippen molar-refractivity contribution in [1.82, 2.24) is 4.98 Å². The summed E-state index contributed by atoms with van der Waals surface area (Å²) in [6, 6.07) is 5.41. The number of pyridine rings is 1. The highest BCUT2D eigenvalue weighted by atomic mass is 16.5. The minimum absolute atomic E-state index is 0.213. The fourth-order valence-corrected chi connectivity index (χ4v) is 2.87. The third-order valence-electron chi connectivity index (χ3n) is 3.86. The average Bonchev–Trinajstić information content (AvgIpc) is 2.59. The van der Waals surface area contributed by atoms with Gasteiger partial charge in [-0.3, -0.25) is 9.78 Å². The Hall–Kier alpha value is -2.76. The summed E-state index contributed by atoms with van der Waals surface area (Å²) >= 11 is 0. The van der Waals surface area contributed by atoms with Gasteiger partial charge in [0.05, 0.1) is 27.8 Å². The first kappa shape index (κ1) is 15.1. The normalized spacial score (nSPS) is 16.3. The standard InChI is InChI=1S/C17H17NO5/c1-20-13-8-12-15(17(22-3)16(13)21-2)11(7-14(19)23-12)10-5-4-6-18-9-10/h4-6,8-9,11H,7H2,1-3H3/t11-/m1/s1. The molecule has 0 amide bonds. The summed E-state index contributed by atoms with van der Waals surface area (Å²) < 4.78 is 21.7. The van der Waals surface area contributed by atoms with E-state index >= 15 is 0 Å². The highest BCUT2D eigenvalue weighted by molar-refractivity contribution is 5.80. The number of carbonyl (C=O) groups excluding carboxylic acids is 1. The van der Waals surface area contributed by atoms with Crippen molar-refractivity contribution >= 4 is 5.97 Å². The molecule has 120 valence electrons. The molecule has 1 aliphatic rings. The second-order valence-electron chi connectivity index (χ2n) is 5.07. The third kappa shape index (κ3) is 2.56. The Morgan fingerprint density at radius 2 is 1.96 bits per heavy atom. The lowest BCUT2D eigenvalue weighted by molar-refractivity contribution is -0.135. The van der Waals surface area contributed by atoms with Crippen molar-refractivity contribution in [3.8, 4) is 23.0 Å². The molecule has 23 heavy (non-hydrogen) atoms. The molecule has 2 heterocycles. The third-order valence-corrected chi connectivity index (χ3v) is 3.86. The van der Waals surface area contributed by atoms with Crippen LogP contribution in [-0.4, -0.2) is 32.3 Å². The molecule has 6 nitrogen and oxygen atoms in total. The Morgan fingerprint density at radius 1 is 1.17 bits per heavy atom. The van der Waals surface area contributed by atoms with E-state index in [-0.39, 0.29) is 18.3 Å². The van der Waals surface area contributed by atoms with Gasteiger partial charge in [0, 0.05) is 29.9 Å². The highest BCUT2D eigenvalue weighted by Gasteiger charge is 2.35. The maximum atomic E-state index is 12.0. The number of carbonyl (C=O) groups is 1. The fraction of sp³-hybridized carbons (Fsp3) is 0.294. The van der Waals surface area contributed by atoms with E-state index in [4.69, 9.17) is 18.9 Å². The molecule has 0 aliphatic carbocycles. The van der Waals surface area contributed by atoms with Gasteiger partial charge in [-0.15, -0.1) is 0 Å². The van der Waals surface area contributed by atoms with Gasteiger partial charge in [-0.2, -0.15) is 0 Å². The van der Waals surface area contributed by atoms with Crippen molar-refractivity contribution in [3.05, 3.63) is 41.7 Å². The molecule has 0 radical (unpaired) electrons. The van der Waals surface area contributed by atoms with Crippen LogP contribution in [0.4, 0.5) is 0 Å². The lowest BCUT2D eigenvalue weighted by Gasteiger charge is -2.28. The maximum Gasteiger partial charge on any atom is 0.312 e. The molecule has 3 rings (SSSR count). The zero-order valence-electron chi connectivity index (χ0n) is 13.2. The monoisotopic (exact) mass is 315 g/mol. The number of hydrogen-bond acceptors (Lipinski definition) is 6. The lowest BCUT2D eigenvalue weighted by atomic mass is 9.86. The molecule has 1 aromatic carbocycles. The van der Waals surface area contributed by atoms with Crippen molar-refractivity contribution in [3.63, 3.8) is 0 Å². The van der Waals surface area contributed by atoms with E-state index in [0.29, 0.717) is 23.0 Å². The molecule has 1 atom stereocenters. The SMILES string of the molecule is COc1cc2c(c(OC)c1OC)[C@@H](c1cccnc1)CC(=O)O2. The molecule has 0 unspecified atom stereocenters. The Balaban J connectivity index is 2.25. The molecular weight excluding hydrogens is 298 g/mol.